The number of nitrogens with zero attached hydrogens (tertiary/aromatic N) is 1. The first-order valence-corrected chi connectivity index (χ1v) is 7.02. The molecule has 1 aliphatic heterocycles. The van der Waals surface area contributed by atoms with Crippen molar-refractivity contribution in [2.24, 2.45) is 0 Å². The molecule has 0 radical (unpaired) electrons. The molecule has 1 heterocycles. The van der Waals surface area contributed by atoms with Crippen LogP contribution in [0.4, 0.5) is 0 Å². The van der Waals surface area contributed by atoms with Crippen molar-refractivity contribution in [3.8, 4) is 0 Å². The summed E-state index contributed by atoms with van der Waals surface area (Å²) in [5, 5.41) is 3.38. The Morgan fingerprint density at radius 1 is 1.19 bits per heavy atom. The van der Waals surface area contributed by atoms with Crippen LogP contribution in [0.15, 0.2) is 29.2 Å². The minimum atomic E-state index is 1.12. The lowest BCUT2D eigenvalue weighted by Crippen LogP contribution is -2.43. The van der Waals surface area contributed by atoms with Crippen molar-refractivity contribution in [1.29, 1.82) is 0 Å². The van der Waals surface area contributed by atoms with Crippen LogP contribution < -0.4 is 5.32 Å². The predicted octanol–water partition coefficient (Wildman–Crippen LogP) is 2.20. The number of nitrogens with one attached hydrogen (secondary N) is 1. The van der Waals surface area contributed by atoms with Crippen molar-refractivity contribution in [3.05, 3.63) is 29.8 Å². The Morgan fingerprint density at radius 3 is 2.50 bits per heavy atom. The zero-order chi connectivity index (χ0) is 11.2. The van der Waals surface area contributed by atoms with E-state index in [4.69, 9.17) is 0 Å². The van der Waals surface area contributed by atoms with Gasteiger partial charge in [0.25, 0.3) is 0 Å². The monoisotopic (exact) mass is 236 g/mol. The van der Waals surface area contributed by atoms with Gasteiger partial charge in [0.2, 0.25) is 0 Å². The van der Waals surface area contributed by atoms with Crippen LogP contribution in [0.2, 0.25) is 0 Å². The molecule has 0 amide bonds. The van der Waals surface area contributed by atoms with Gasteiger partial charge in [0, 0.05) is 37.0 Å². The summed E-state index contributed by atoms with van der Waals surface area (Å²) < 4.78 is 0. The molecule has 1 aliphatic rings. The molecule has 1 fully saturated rings. The van der Waals surface area contributed by atoms with Crippen LogP contribution in [0.3, 0.4) is 0 Å². The Hall–Kier alpha value is -0.510. The van der Waals surface area contributed by atoms with Crippen LogP contribution in [-0.4, -0.2) is 37.0 Å². The minimum absolute atomic E-state index is 1.12. The first kappa shape index (κ1) is 12.0. The largest absolute Gasteiger partial charge is 0.314 e. The molecular formula is C13H20N2S. The van der Waals surface area contributed by atoms with Crippen molar-refractivity contribution in [3.63, 3.8) is 0 Å². The molecule has 0 saturated carbocycles. The summed E-state index contributed by atoms with van der Waals surface area (Å²) in [6.07, 6.45) is 1.13. The summed E-state index contributed by atoms with van der Waals surface area (Å²) in [5.74, 6) is 1.12. The van der Waals surface area contributed by atoms with Crippen molar-refractivity contribution in [2.75, 3.05) is 32.1 Å². The maximum atomic E-state index is 3.38. The van der Waals surface area contributed by atoms with Gasteiger partial charge in [-0.1, -0.05) is 19.1 Å². The van der Waals surface area contributed by atoms with Crippen LogP contribution in [0.5, 0.6) is 0 Å². The maximum Gasteiger partial charge on any atom is 0.0492 e. The lowest BCUT2D eigenvalue weighted by Gasteiger charge is -2.26. The number of piperazine rings is 1. The van der Waals surface area contributed by atoms with Gasteiger partial charge in [-0.2, -0.15) is 0 Å². The van der Waals surface area contributed by atoms with E-state index in [-0.39, 0.29) is 0 Å². The molecule has 0 bridgehead atoms. The zero-order valence-electron chi connectivity index (χ0n) is 9.91. The summed E-state index contributed by atoms with van der Waals surface area (Å²) in [4.78, 5) is 3.89. The van der Waals surface area contributed by atoms with E-state index in [1.165, 1.54) is 23.5 Å². The van der Waals surface area contributed by atoms with Gasteiger partial charge in [0.15, 0.2) is 0 Å². The molecular weight excluding hydrogens is 216 g/mol. The van der Waals surface area contributed by atoms with Gasteiger partial charge < -0.3 is 5.32 Å². The number of hydrogen-bond acceptors (Lipinski definition) is 3. The molecule has 2 nitrogen and oxygen atoms in total. The lowest BCUT2D eigenvalue weighted by molar-refractivity contribution is 0.280. The number of hydrogen-bond donors (Lipinski definition) is 1. The molecule has 2 rings (SSSR count). The molecule has 1 aromatic rings. The van der Waals surface area contributed by atoms with Gasteiger partial charge in [-0.05, 0) is 24.1 Å². The van der Waals surface area contributed by atoms with Crippen molar-refractivity contribution < 1.29 is 0 Å². The second-order valence-corrected chi connectivity index (χ2v) is 5.16. The fourth-order valence-corrected chi connectivity index (χ4v) is 2.75. The highest BCUT2D eigenvalue weighted by atomic mass is 32.2. The summed E-state index contributed by atoms with van der Waals surface area (Å²) in [7, 11) is 0. The lowest BCUT2D eigenvalue weighted by atomic mass is 10.2. The highest BCUT2D eigenvalue weighted by molar-refractivity contribution is 7.99. The third-order valence-electron chi connectivity index (χ3n) is 2.96. The fraction of sp³-hybridized carbons (Fsp3) is 0.538. The first-order valence-electron chi connectivity index (χ1n) is 6.03. The topological polar surface area (TPSA) is 15.3 Å². The van der Waals surface area contributed by atoms with Gasteiger partial charge >= 0.3 is 0 Å². The zero-order valence-corrected chi connectivity index (χ0v) is 10.7. The van der Waals surface area contributed by atoms with E-state index in [1.807, 2.05) is 11.8 Å². The molecule has 0 aliphatic carbocycles. The van der Waals surface area contributed by atoms with E-state index in [0.717, 1.165) is 25.4 Å². The first-order chi connectivity index (χ1) is 7.88. The Kier molecular flexibility index (Phi) is 4.69. The van der Waals surface area contributed by atoms with E-state index in [2.05, 4.69) is 41.4 Å². The van der Waals surface area contributed by atoms with Crippen LogP contribution in [0, 0.1) is 0 Å². The molecule has 0 atom stereocenters. The Bertz CT molecular complexity index is 304. The van der Waals surface area contributed by atoms with Gasteiger partial charge in [0.05, 0.1) is 0 Å². The summed E-state index contributed by atoms with van der Waals surface area (Å²) in [6, 6.07) is 8.96. The number of rotatable bonds is 4. The van der Waals surface area contributed by atoms with Gasteiger partial charge in [0.1, 0.15) is 0 Å². The summed E-state index contributed by atoms with van der Waals surface area (Å²) >= 11 is 1.94. The maximum absolute atomic E-state index is 3.38. The van der Waals surface area contributed by atoms with Gasteiger partial charge in [-0.25, -0.2) is 0 Å². The number of thioether (sulfide) groups is 1. The SMILES string of the molecule is CCc1ccc(SCN2CCNCC2)cc1. The summed E-state index contributed by atoms with van der Waals surface area (Å²) in [5.41, 5.74) is 1.42. The fourth-order valence-electron chi connectivity index (χ4n) is 1.83. The predicted molar refractivity (Wildman–Crippen MR) is 71.0 cm³/mol. The molecule has 1 N–H and O–H groups in total. The second-order valence-electron chi connectivity index (χ2n) is 4.14. The van der Waals surface area contributed by atoms with E-state index in [0.29, 0.717) is 0 Å². The summed E-state index contributed by atoms with van der Waals surface area (Å²) in [6.45, 7) is 6.83. The van der Waals surface area contributed by atoms with E-state index >= 15 is 0 Å². The quantitative estimate of drug-likeness (QED) is 0.807. The van der Waals surface area contributed by atoms with Crippen LogP contribution in [0.1, 0.15) is 12.5 Å². The highest BCUT2D eigenvalue weighted by Gasteiger charge is 2.08. The van der Waals surface area contributed by atoms with Crippen LogP contribution in [0.25, 0.3) is 0 Å². The molecule has 1 saturated heterocycles. The number of aryl methyl sites for hydroxylation is 1. The van der Waals surface area contributed by atoms with E-state index < -0.39 is 0 Å². The van der Waals surface area contributed by atoms with E-state index in [1.54, 1.807) is 0 Å². The van der Waals surface area contributed by atoms with Gasteiger partial charge in [-0.15, -0.1) is 11.8 Å². The van der Waals surface area contributed by atoms with Gasteiger partial charge in [-0.3, -0.25) is 4.90 Å². The Balaban J connectivity index is 1.79. The average molecular weight is 236 g/mol. The molecule has 88 valence electrons. The van der Waals surface area contributed by atoms with Crippen molar-refractivity contribution >= 4 is 11.8 Å². The Labute approximate surface area is 102 Å². The average Bonchev–Trinajstić information content (AvgIpc) is 2.38. The third kappa shape index (κ3) is 3.51. The van der Waals surface area contributed by atoms with Crippen molar-refractivity contribution in [1.82, 2.24) is 10.2 Å². The van der Waals surface area contributed by atoms with Crippen LogP contribution in [-0.2, 0) is 6.42 Å². The molecule has 0 unspecified atom stereocenters. The molecule has 1 aromatic carbocycles. The second kappa shape index (κ2) is 6.28. The smallest absolute Gasteiger partial charge is 0.0492 e. The number of benzene rings is 1. The Morgan fingerprint density at radius 2 is 1.88 bits per heavy atom. The molecule has 0 aromatic heterocycles. The molecule has 3 heteroatoms. The van der Waals surface area contributed by atoms with Crippen LogP contribution >= 0.6 is 11.8 Å². The highest BCUT2D eigenvalue weighted by Crippen LogP contribution is 2.19. The molecule has 16 heavy (non-hydrogen) atoms. The minimum Gasteiger partial charge on any atom is -0.314 e. The molecule has 0 spiro atoms. The third-order valence-corrected chi connectivity index (χ3v) is 4.05. The van der Waals surface area contributed by atoms with E-state index in [9.17, 15) is 0 Å². The van der Waals surface area contributed by atoms with Crippen molar-refractivity contribution in [2.45, 2.75) is 18.2 Å². The standard InChI is InChI=1S/C13H20N2S/c1-2-12-3-5-13(6-4-12)16-11-15-9-7-14-8-10-15/h3-6,14H,2,7-11H2,1H3. The normalized spacial score (nSPS) is 17.6.